The van der Waals surface area contributed by atoms with Gasteiger partial charge in [0.05, 0.1) is 28.0 Å². The molecule has 2 aromatic heterocycles. The fourth-order valence-electron chi connectivity index (χ4n) is 6.06. The topological polar surface area (TPSA) is 97.1 Å². The number of fused-ring (bicyclic) bond motifs is 1. The van der Waals surface area contributed by atoms with E-state index in [1.807, 2.05) is 0 Å². The monoisotopic (exact) mass is 611 g/mol. The summed E-state index contributed by atoms with van der Waals surface area (Å²) in [5.74, 6) is -3.23. The Bertz CT molecular complexity index is 1560. The largest absolute Gasteiger partial charge is 0.435 e. The second-order valence-electron chi connectivity index (χ2n) is 11.2. The average molecular weight is 612 g/mol. The molecule has 3 unspecified atom stereocenters. The molecular formula is C27H27ClF5N7O2. The predicted octanol–water partition coefficient (Wildman–Crippen LogP) is 4.86. The van der Waals surface area contributed by atoms with Crippen LogP contribution in [0.4, 0.5) is 27.6 Å². The minimum atomic E-state index is -4.92. The number of hydrogen-bond acceptors (Lipinski definition) is 5. The van der Waals surface area contributed by atoms with Crippen LogP contribution in [0.2, 0.25) is 5.02 Å². The van der Waals surface area contributed by atoms with Crippen LogP contribution in [-0.2, 0) is 13.2 Å². The Hall–Kier alpha value is -3.52. The van der Waals surface area contributed by atoms with Crippen molar-refractivity contribution in [3.05, 3.63) is 52.7 Å². The van der Waals surface area contributed by atoms with E-state index in [4.69, 9.17) is 11.6 Å². The van der Waals surface area contributed by atoms with E-state index < -0.39 is 41.7 Å². The Morgan fingerprint density at radius 3 is 2.45 bits per heavy atom. The number of rotatable bonds is 6. The molecular weight excluding hydrogens is 585 g/mol. The molecule has 0 spiro atoms. The molecule has 2 saturated carbocycles. The number of nitrogens with one attached hydrogen (secondary N) is 2. The zero-order chi connectivity index (χ0) is 30.1. The highest BCUT2D eigenvalue weighted by atomic mass is 35.5. The van der Waals surface area contributed by atoms with Gasteiger partial charge in [-0.15, -0.1) is 0 Å². The molecule has 224 valence electrons. The molecule has 0 radical (unpaired) electrons. The maximum absolute atomic E-state index is 13.7. The minimum Gasteiger partial charge on any atom is -0.339 e. The van der Waals surface area contributed by atoms with Crippen LogP contribution in [0.5, 0.6) is 0 Å². The van der Waals surface area contributed by atoms with Crippen molar-refractivity contribution in [1.29, 1.82) is 0 Å². The highest BCUT2D eigenvalue weighted by Gasteiger charge is 2.59. The normalized spacial score (nSPS) is 24.5. The number of anilines is 1. The molecule has 1 aliphatic heterocycles. The quantitative estimate of drug-likeness (QED) is 0.388. The highest BCUT2D eigenvalue weighted by molar-refractivity contribution is 6.34. The van der Waals surface area contributed by atoms with E-state index in [1.54, 1.807) is 11.9 Å². The standard InChI is InChI=1S/C27H27ClF5N7O2/c1-38(16-5-13-9-34-10-14(13)6-16)25(42)17-4-3-15(7-19(17)28)36-24(41)23-35-11-20(39(23)2)18-12-40(21-8-26(21,29)30)37-22(18)27(31,32)33/h3-4,7,11-14,16,21,34H,5-6,8-10H2,1-2H3,(H,36,41). The van der Waals surface area contributed by atoms with Crippen molar-refractivity contribution in [3.63, 3.8) is 0 Å². The van der Waals surface area contributed by atoms with E-state index in [2.05, 4.69) is 20.7 Å². The first-order valence-electron chi connectivity index (χ1n) is 13.4. The molecule has 1 aromatic carbocycles. The van der Waals surface area contributed by atoms with Crippen LogP contribution in [0.25, 0.3) is 11.3 Å². The number of carbonyl (C=O) groups is 2. The van der Waals surface area contributed by atoms with E-state index in [9.17, 15) is 31.5 Å². The molecule has 0 bridgehead atoms. The van der Waals surface area contributed by atoms with Crippen LogP contribution in [0, 0.1) is 11.8 Å². The van der Waals surface area contributed by atoms with Gasteiger partial charge >= 0.3 is 6.18 Å². The lowest BCUT2D eigenvalue weighted by molar-refractivity contribution is -0.141. The van der Waals surface area contributed by atoms with Crippen LogP contribution in [0.1, 0.15) is 52.0 Å². The van der Waals surface area contributed by atoms with E-state index in [0.717, 1.165) is 42.9 Å². The third-order valence-electron chi connectivity index (χ3n) is 8.53. The number of nitrogens with zero attached hydrogens (tertiary/aromatic N) is 5. The fourth-order valence-corrected chi connectivity index (χ4v) is 6.33. The molecule has 3 heterocycles. The predicted molar refractivity (Wildman–Crippen MR) is 142 cm³/mol. The van der Waals surface area contributed by atoms with E-state index in [0.29, 0.717) is 16.5 Å². The van der Waals surface area contributed by atoms with E-state index >= 15 is 0 Å². The minimum absolute atomic E-state index is 0.119. The van der Waals surface area contributed by atoms with Gasteiger partial charge in [0.25, 0.3) is 17.7 Å². The summed E-state index contributed by atoms with van der Waals surface area (Å²) in [6.07, 6.45) is -1.73. The molecule has 2 amide bonds. The van der Waals surface area contributed by atoms with Gasteiger partial charge in [-0.05, 0) is 56.0 Å². The van der Waals surface area contributed by atoms with Gasteiger partial charge < -0.3 is 20.1 Å². The smallest absolute Gasteiger partial charge is 0.339 e. The zero-order valence-electron chi connectivity index (χ0n) is 22.6. The molecule has 9 nitrogen and oxygen atoms in total. The van der Waals surface area contributed by atoms with Crippen LogP contribution in [0.15, 0.2) is 30.6 Å². The van der Waals surface area contributed by atoms with E-state index in [1.165, 1.54) is 25.2 Å². The number of hydrogen-bond donors (Lipinski definition) is 2. The summed E-state index contributed by atoms with van der Waals surface area (Å²) >= 11 is 6.43. The van der Waals surface area contributed by atoms with Crippen LogP contribution in [-0.4, -0.2) is 68.1 Å². The van der Waals surface area contributed by atoms with Gasteiger partial charge in [0.15, 0.2) is 11.5 Å². The second-order valence-corrected chi connectivity index (χ2v) is 11.7. The SMILES string of the molecule is CN(C(=O)c1ccc(NC(=O)c2ncc(-c3cn(C4CC4(F)F)nc3C(F)(F)F)n2C)cc1Cl)C1CC2CNCC2C1. The molecule has 6 rings (SSSR count). The van der Waals surface area contributed by atoms with Crippen LogP contribution in [0.3, 0.4) is 0 Å². The lowest BCUT2D eigenvalue weighted by Gasteiger charge is -2.26. The number of carbonyl (C=O) groups excluding carboxylic acids is 2. The van der Waals surface area contributed by atoms with Crippen molar-refractivity contribution in [2.75, 3.05) is 25.5 Å². The number of amides is 2. The maximum Gasteiger partial charge on any atom is 0.435 e. The summed E-state index contributed by atoms with van der Waals surface area (Å²) in [6.45, 7) is 1.92. The van der Waals surface area contributed by atoms with Crippen LogP contribution < -0.4 is 10.6 Å². The van der Waals surface area contributed by atoms with Crippen molar-refractivity contribution in [2.45, 2.75) is 43.4 Å². The Balaban J connectivity index is 1.18. The summed E-state index contributed by atoms with van der Waals surface area (Å²) in [6, 6.07) is 3.09. The second kappa shape index (κ2) is 10.0. The number of alkyl halides is 5. The van der Waals surface area contributed by atoms with Gasteiger partial charge in [-0.25, -0.2) is 13.8 Å². The fraction of sp³-hybridized carbons (Fsp3) is 0.481. The molecule has 3 atom stereocenters. The molecule has 42 heavy (non-hydrogen) atoms. The Morgan fingerprint density at radius 2 is 1.86 bits per heavy atom. The maximum atomic E-state index is 13.7. The van der Waals surface area contributed by atoms with Gasteiger partial charge in [-0.2, -0.15) is 18.3 Å². The summed E-state index contributed by atoms with van der Waals surface area (Å²) in [4.78, 5) is 31.9. The lowest BCUT2D eigenvalue weighted by Crippen LogP contribution is -2.36. The number of halogens is 6. The van der Waals surface area contributed by atoms with Gasteiger partial charge in [-0.3, -0.25) is 14.3 Å². The molecule has 15 heteroatoms. The highest BCUT2D eigenvalue weighted by Crippen LogP contribution is 2.53. The summed E-state index contributed by atoms with van der Waals surface area (Å²) in [5, 5.41) is 9.48. The number of imidazole rings is 1. The average Bonchev–Trinajstić information content (AvgIpc) is 3.46. The van der Waals surface area contributed by atoms with Crippen molar-refractivity contribution < 1.29 is 31.5 Å². The van der Waals surface area contributed by atoms with Crippen molar-refractivity contribution in [2.24, 2.45) is 18.9 Å². The van der Waals surface area contributed by atoms with Crippen molar-refractivity contribution in [1.82, 2.24) is 29.5 Å². The van der Waals surface area contributed by atoms with Gasteiger partial charge in [0.1, 0.15) is 6.04 Å². The molecule has 3 aromatic rings. The number of benzene rings is 1. The first kappa shape index (κ1) is 28.6. The Labute approximate surface area is 242 Å². The molecule has 3 fully saturated rings. The third kappa shape index (κ3) is 5.04. The Morgan fingerprint density at radius 1 is 1.19 bits per heavy atom. The molecule has 2 N–H and O–H groups in total. The first-order chi connectivity index (χ1) is 19.7. The Kier molecular flexibility index (Phi) is 6.84. The summed E-state index contributed by atoms with van der Waals surface area (Å²) < 4.78 is 69.9. The van der Waals surface area contributed by atoms with Gasteiger partial charge in [-0.1, -0.05) is 11.6 Å². The van der Waals surface area contributed by atoms with E-state index in [-0.39, 0.29) is 39.7 Å². The summed E-state index contributed by atoms with van der Waals surface area (Å²) in [7, 11) is 3.09. The van der Waals surface area contributed by atoms with Gasteiger partial charge in [0, 0.05) is 38.4 Å². The first-order valence-corrected chi connectivity index (χ1v) is 13.8. The zero-order valence-corrected chi connectivity index (χ0v) is 23.3. The lowest BCUT2D eigenvalue weighted by atomic mass is 10.0. The van der Waals surface area contributed by atoms with Crippen molar-refractivity contribution in [3.8, 4) is 11.3 Å². The summed E-state index contributed by atoms with van der Waals surface area (Å²) in [5.41, 5.74) is -1.43. The van der Waals surface area contributed by atoms with Crippen molar-refractivity contribution >= 4 is 29.1 Å². The van der Waals surface area contributed by atoms with Gasteiger partial charge in [0.2, 0.25) is 0 Å². The molecule has 2 aliphatic carbocycles. The number of aromatic nitrogens is 4. The third-order valence-corrected chi connectivity index (χ3v) is 8.85. The van der Waals surface area contributed by atoms with Crippen LogP contribution >= 0.6 is 11.6 Å². The molecule has 3 aliphatic rings. The molecule has 1 saturated heterocycles.